The van der Waals surface area contributed by atoms with Crippen molar-refractivity contribution in [1.29, 1.82) is 0 Å². The fourth-order valence-electron chi connectivity index (χ4n) is 4.43. The molecule has 0 bridgehead atoms. The summed E-state index contributed by atoms with van der Waals surface area (Å²) in [4.78, 5) is 39.5. The molecule has 2 saturated heterocycles. The van der Waals surface area contributed by atoms with E-state index in [-0.39, 0.29) is 42.8 Å². The molecule has 0 saturated carbocycles. The van der Waals surface area contributed by atoms with E-state index in [0.29, 0.717) is 6.42 Å². The average Bonchev–Trinajstić information content (AvgIpc) is 3.10. The highest BCUT2D eigenvalue weighted by Gasteiger charge is 2.60. The number of hydrogen-bond donors (Lipinski definition) is 1. The minimum Gasteiger partial charge on any atom is -0.464 e. The van der Waals surface area contributed by atoms with Crippen LogP contribution in [-0.4, -0.2) is 47.4 Å². The van der Waals surface area contributed by atoms with Crippen LogP contribution >= 0.6 is 0 Å². The van der Waals surface area contributed by atoms with Crippen molar-refractivity contribution >= 4 is 17.8 Å². The summed E-state index contributed by atoms with van der Waals surface area (Å²) in [6.07, 6.45) is 0.844. The van der Waals surface area contributed by atoms with Gasteiger partial charge in [0.15, 0.2) is 0 Å². The maximum absolute atomic E-state index is 12.8. The van der Waals surface area contributed by atoms with Gasteiger partial charge in [0, 0.05) is 5.92 Å². The standard InChI is InChI=1S/C23H24N2O4/c1-2-29-23(28)21-17(16-11-7-4-8-12-16)14-18-20(22(27)25(18)21)24-19(26)13-15-9-5-3-6-10-15/h3-12,17-18,20-21H,2,13-14H2,1H3,(H,24,26). The molecule has 0 aromatic heterocycles. The Morgan fingerprint density at radius 3 is 2.38 bits per heavy atom. The molecule has 2 aliphatic rings. The molecule has 4 unspecified atom stereocenters. The molecule has 0 aliphatic carbocycles. The van der Waals surface area contributed by atoms with E-state index in [1.807, 2.05) is 60.7 Å². The van der Waals surface area contributed by atoms with Crippen LogP contribution < -0.4 is 5.32 Å². The lowest BCUT2D eigenvalue weighted by molar-refractivity contribution is -0.164. The third-order valence-corrected chi connectivity index (χ3v) is 5.72. The van der Waals surface area contributed by atoms with Gasteiger partial charge >= 0.3 is 5.97 Å². The molecule has 1 N–H and O–H groups in total. The summed E-state index contributed by atoms with van der Waals surface area (Å²) in [5.74, 6) is -0.926. The van der Waals surface area contributed by atoms with Gasteiger partial charge in [0.1, 0.15) is 12.1 Å². The largest absolute Gasteiger partial charge is 0.464 e. The topological polar surface area (TPSA) is 75.7 Å². The molecule has 4 atom stereocenters. The number of benzene rings is 2. The molecule has 0 radical (unpaired) electrons. The second kappa shape index (κ2) is 8.07. The van der Waals surface area contributed by atoms with Gasteiger partial charge in [-0.2, -0.15) is 0 Å². The van der Waals surface area contributed by atoms with Gasteiger partial charge < -0.3 is 15.0 Å². The van der Waals surface area contributed by atoms with Crippen LogP contribution in [-0.2, 0) is 25.5 Å². The summed E-state index contributed by atoms with van der Waals surface area (Å²) in [6.45, 7) is 2.02. The third-order valence-electron chi connectivity index (χ3n) is 5.72. The zero-order valence-electron chi connectivity index (χ0n) is 16.3. The van der Waals surface area contributed by atoms with Crippen molar-refractivity contribution in [1.82, 2.24) is 10.2 Å². The molecule has 2 fully saturated rings. The van der Waals surface area contributed by atoms with E-state index in [1.54, 1.807) is 11.8 Å². The normalized spacial score (nSPS) is 25.1. The summed E-state index contributed by atoms with van der Waals surface area (Å²) in [6, 6.07) is 17.7. The minimum atomic E-state index is -0.642. The molecule has 2 aromatic rings. The van der Waals surface area contributed by atoms with Crippen LogP contribution in [0.1, 0.15) is 30.4 Å². The second-order valence-electron chi connectivity index (χ2n) is 7.47. The maximum Gasteiger partial charge on any atom is 0.329 e. The van der Waals surface area contributed by atoms with Crippen LogP contribution in [0.5, 0.6) is 0 Å². The lowest BCUT2D eigenvalue weighted by Crippen LogP contribution is -2.70. The van der Waals surface area contributed by atoms with Crippen molar-refractivity contribution in [2.45, 2.75) is 43.8 Å². The summed E-state index contributed by atoms with van der Waals surface area (Å²) in [5.41, 5.74) is 1.90. The van der Waals surface area contributed by atoms with E-state index in [4.69, 9.17) is 4.74 Å². The smallest absolute Gasteiger partial charge is 0.329 e. The summed E-state index contributed by atoms with van der Waals surface area (Å²) < 4.78 is 5.25. The number of amides is 2. The molecule has 6 nitrogen and oxygen atoms in total. The maximum atomic E-state index is 12.8. The number of rotatable bonds is 6. The number of esters is 1. The van der Waals surface area contributed by atoms with Crippen molar-refractivity contribution in [3.05, 3.63) is 71.8 Å². The van der Waals surface area contributed by atoms with Crippen molar-refractivity contribution in [2.24, 2.45) is 0 Å². The van der Waals surface area contributed by atoms with Gasteiger partial charge in [-0.1, -0.05) is 60.7 Å². The zero-order chi connectivity index (χ0) is 20.4. The summed E-state index contributed by atoms with van der Waals surface area (Å²) >= 11 is 0. The second-order valence-corrected chi connectivity index (χ2v) is 7.47. The molecule has 2 amide bonds. The fourth-order valence-corrected chi connectivity index (χ4v) is 4.43. The molecular formula is C23H24N2O4. The lowest BCUT2D eigenvalue weighted by atomic mass is 9.89. The Balaban J connectivity index is 1.50. The number of fused-ring (bicyclic) bond motifs is 1. The lowest BCUT2D eigenvalue weighted by Gasteiger charge is -2.44. The first-order valence-corrected chi connectivity index (χ1v) is 9.97. The van der Waals surface area contributed by atoms with Crippen molar-refractivity contribution in [2.75, 3.05) is 6.61 Å². The van der Waals surface area contributed by atoms with E-state index in [9.17, 15) is 14.4 Å². The van der Waals surface area contributed by atoms with Crippen LogP contribution in [0.2, 0.25) is 0 Å². The number of β-lactam (4-membered cyclic amide) rings is 1. The highest BCUT2D eigenvalue weighted by atomic mass is 16.5. The Hall–Kier alpha value is -3.15. The molecule has 6 heteroatoms. The van der Waals surface area contributed by atoms with E-state index < -0.39 is 12.1 Å². The predicted molar refractivity (Wildman–Crippen MR) is 107 cm³/mol. The number of hydrogen-bond acceptors (Lipinski definition) is 4. The summed E-state index contributed by atoms with van der Waals surface area (Å²) in [5, 5.41) is 2.87. The van der Waals surface area contributed by atoms with Crippen molar-refractivity contribution in [3.8, 4) is 0 Å². The Morgan fingerprint density at radius 1 is 1.07 bits per heavy atom. The Kier molecular flexibility index (Phi) is 5.34. The summed E-state index contributed by atoms with van der Waals surface area (Å²) in [7, 11) is 0. The van der Waals surface area contributed by atoms with Crippen molar-refractivity contribution < 1.29 is 19.1 Å². The first kappa shape index (κ1) is 19.2. The fraction of sp³-hybridized carbons (Fsp3) is 0.348. The first-order valence-electron chi connectivity index (χ1n) is 9.97. The molecule has 4 rings (SSSR count). The van der Waals surface area contributed by atoms with Crippen LogP contribution in [0.25, 0.3) is 0 Å². The van der Waals surface area contributed by atoms with Crippen LogP contribution in [0.4, 0.5) is 0 Å². The van der Waals surface area contributed by atoms with Gasteiger partial charge in [-0.15, -0.1) is 0 Å². The Labute approximate surface area is 169 Å². The number of carbonyl (C=O) groups excluding carboxylic acids is 3. The zero-order valence-corrected chi connectivity index (χ0v) is 16.3. The molecule has 150 valence electrons. The highest BCUT2D eigenvalue weighted by Crippen LogP contribution is 2.44. The molecule has 29 heavy (non-hydrogen) atoms. The van der Waals surface area contributed by atoms with E-state index in [1.165, 1.54) is 0 Å². The van der Waals surface area contributed by atoms with Crippen LogP contribution in [0.3, 0.4) is 0 Å². The van der Waals surface area contributed by atoms with E-state index >= 15 is 0 Å². The van der Waals surface area contributed by atoms with E-state index in [0.717, 1.165) is 11.1 Å². The number of nitrogens with one attached hydrogen (secondary N) is 1. The number of carbonyl (C=O) groups is 3. The molecule has 2 heterocycles. The molecule has 0 spiro atoms. The van der Waals surface area contributed by atoms with Gasteiger partial charge in [0.25, 0.3) is 0 Å². The Bertz CT molecular complexity index is 900. The molecule has 2 aromatic carbocycles. The van der Waals surface area contributed by atoms with Gasteiger partial charge in [-0.3, -0.25) is 9.59 Å². The van der Waals surface area contributed by atoms with Gasteiger partial charge in [-0.25, -0.2) is 4.79 Å². The van der Waals surface area contributed by atoms with E-state index in [2.05, 4.69) is 5.32 Å². The van der Waals surface area contributed by atoms with Gasteiger partial charge in [-0.05, 0) is 24.5 Å². The SMILES string of the molecule is CCOC(=O)C1C(c2ccccc2)CC2C(NC(=O)Cc3ccccc3)C(=O)N21. The quantitative estimate of drug-likeness (QED) is 0.603. The first-order chi connectivity index (χ1) is 14.1. The average molecular weight is 392 g/mol. The third kappa shape index (κ3) is 3.62. The van der Waals surface area contributed by atoms with Crippen LogP contribution in [0.15, 0.2) is 60.7 Å². The van der Waals surface area contributed by atoms with Gasteiger partial charge in [0.2, 0.25) is 11.8 Å². The Morgan fingerprint density at radius 2 is 1.72 bits per heavy atom. The number of ether oxygens (including phenoxy) is 1. The number of nitrogens with zero attached hydrogens (tertiary/aromatic N) is 1. The predicted octanol–water partition coefficient (Wildman–Crippen LogP) is 2.04. The monoisotopic (exact) mass is 392 g/mol. The molecular weight excluding hydrogens is 368 g/mol. The minimum absolute atomic E-state index is 0.139. The molecule has 2 aliphatic heterocycles. The van der Waals surface area contributed by atoms with Gasteiger partial charge in [0.05, 0.1) is 19.1 Å². The highest BCUT2D eigenvalue weighted by molar-refractivity contribution is 5.98. The van der Waals surface area contributed by atoms with Crippen LogP contribution in [0, 0.1) is 0 Å². The van der Waals surface area contributed by atoms with Crippen molar-refractivity contribution in [3.63, 3.8) is 0 Å².